The largest absolute Gasteiger partial charge is 0.490 e. The van der Waals surface area contributed by atoms with Crippen molar-refractivity contribution >= 4 is 16.8 Å². The summed E-state index contributed by atoms with van der Waals surface area (Å²) < 4.78 is 6.12. The van der Waals surface area contributed by atoms with Crippen molar-refractivity contribution < 1.29 is 9.53 Å². The van der Waals surface area contributed by atoms with Crippen LogP contribution in [0.2, 0.25) is 0 Å². The molecule has 146 valence electrons. The Labute approximate surface area is 170 Å². The molecule has 1 amide bonds. The number of nitrogens with zero attached hydrogens (tertiary/aromatic N) is 3. The first-order chi connectivity index (χ1) is 14.2. The number of piperidine rings is 1. The van der Waals surface area contributed by atoms with Crippen LogP contribution in [-0.2, 0) is 4.79 Å². The molecule has 2 aromatic carbocycles. The lowest BCUT2D eigenvalue weighted by Crippen LogP contribution is -2.41. The molecule has 29 heavy (non-hydrogen) atoms. The van der Waals surface area contributed by atoms with Gasteiger partial charge in [0, 0.05) is 49.5 Å². The smallest absolute Gasteiger partial charge is 0.222 e. The lowest BCUT2D eigenvalue weighted by atomic mass is 9.98. The summed E-state index contributed by atoms with van der Waals surface area (Å²) in [5.41, 5.74) is 3.34. The number of hydrogen-bond donors (Lipinski definition) is 0. The molecule has 0 unspecified atom stereocenters. The number of fused-ring (bicyclic) bond motifs is 1. The summed E-state index contributed by atoms with van der Waals surface area (Å²) in [6.07, 6.45) is 4.14. The molecule has 0 atom stereocenters. The molecular weight excluding hydrogens is 362 g/mol. The van der Waals surface area contributed by atoms with Crippen molar-refractivity contribution in [3.8, 4) is 22.9 Å². The molecule has 2 heterocycles. The van der Waals surface area contributed by atoms with Crippen LogP contribution in [0.25, 0.3) is 22.0 Å². The molecule has 5 heteroatoms. The van der Waals surface area contributed by atoms with Crippen molar-refractivity contribution in [2.45, 2.75) is 32.3 Å². The van der Waals surface area contributed by atoms with Crippen molar-refractivity contribution in [2.75, 3.05) is 13.1 Å². The minimum atomic E-state index is 0.126. The van der Waals surface area contributed by atoms with E-state index in [0.29, 0.717) is 12.0 Å². The van der Waals surface area contributed by atoms with Crippen LogP contribution in [0.4, 0.5) is 0 Å². The van der Waals surface area contributed by atoms with E-state index >= 15 is 0 Å². The van der Waals surface area contributed by atoms with Crippen molar-refractivity contribution in [1.29, 1.82) is 5.26 Å². The Morgan fingerprint density at radius 3 is 2.66 bits per heavy atom. The first-order valence-corrected chi connectivity index (χ1v) is 10.0. The van der Waals surface area contributed by atoms with E-state index in [1.54, 1.807) is 6.20 Å². The van der Waals surface area contributed by atoms with Gasteiger partial charge in [-0.05, 0) is 35.9 Å². The van der Waals surface area contributed by atoms with Crippen molar-refractivity contribution in [3.05, 3.63) is 60.3 Å². The second-order valence-corrected chi connectivity index (χ2v) is 7.28. The Balaban J connectivity index is 1.48. The van der Waals surface area contributed by atoms with E-state index in [1.165, 1.54) is 0 Å². The number of rotatable bonds is 4. The number of nitriles is 1. The summed E-state index contributed by atoms with van der Waals surface area (Å²) >= 11 is 0. The lowest BCUT2D eigenvalue weighted by molar-refractivity contribution is -0.132. The number of hydrogen-bond acceptors (Lipinski definition) is 4. The fraction of sp³-hybridized carbons (Fsp3) is 0.292. The average Bonchev–Trinajstić information content (AvgIpc) is 2.78. The van der Waals surface area contributed by atoms with Gasteiger partial charge in [-0.3, -0.25) is 9.78 Å². The number of carbonyl (C=O) groups is 1. The maximum Gasteiger partial charge on any atom is 0.222 e. The minimum absolute atomic E-state index is 0.126. The molecule has 1 saturated heterocycles. The fourth-order valence-corrected chi connectivity index (χ4v) is 3.80. The van der Waals surface area contributed by atoms with Gasteiger partial charge in [0.05, 0.1) is 17.1 Å². The number of carbonyl (C=O) groups excluding carboxylic acids is 1. The molecule has 0 N–H and O–H groups in total. The van der Waals surface area contributed by atoms with E-state index in [1.807, 2.05) is 60.4 Å². The van der Waals surface area contributed by atoms with Crippen LogP contribution in [0, 0.1) is 11.3 Å². The summed E-state index contributed by atoms with van der Waals surface area (Å²) in [4.78, 5) is 18.1. The maximum atomic E-state index is 11.8. The summed E-state index contributed by atoms with van der Waals surface area (Å²) in [6, 6.07) is 17.8. The van der Waals surface area contributed by atoms with Crippen molar-refractivity contribution in [3.63, 3.8) is 0 Å². The van der Waals surface area contributed by atoms with Crippen LogP contribution in [0.15, 0.2) is 54.7 Å². The highest BCUT2D eigenvalue weighted by molar-refractivity contribution is 5.87. The normalized spacial score (nSPS) is 14.6. The second-order valence-electron chi connectivity index (χ2n) is 7.28. The molecule has 1 aliphatic heterocycles. The Hall–Kier alpha value is -3.39. The van der Waals surface area contributed by atoms with Crippen LogP contribution in [0.3, 0.4) is 0 Å². The second kappa shape index (κ2) is 8.32. The monoisotopic (exact) mass is 385 g/mol. The number of ether oxygens (including phenoxy) is 1. The fourth-order valence-electron chi connectivity index (χ4n) is 3.80. The van der Waals surface area contributed by atoms with Gasteiger partial charge in [-0.2, -0.15) is 5.26 Å². The molecule has 0 spiro atoms. The van der Waals surface area contributed by atoms with Gasteiger partial charge in [0.15, 0.2) is 0 Å². The van der Waals surface area contributed by atoms with Gasteiger partial charge < -0.3 is 9.64 Å². The summed E-state index contributed by atoms with van der Waals surface area (Å²) in [5, 5.41) is 10.5. The van der Waals surface area contributed by atoms with E-state index in [-0.39, 0.29) is 12.0 Å². The van der Waals surface area contributed by atoms with Crippen molar-refractivity contribution in [2.24, 2.45) is 0 Å². The van der Waals surface area contributed by atoms with Gasteiger partial charge in [-0.25, -0.2) is 0 Å². The molecular formula is C24H23N3O2. The number of pyridine rings is 1. The number of benzene rings is 2. The van der Waals surface area contributed by atoms with Crippen LogP contribution in [0.1, 0.15) is 31.7 Å². The van der Waals surface area contributed by atoms with Crippen LogP contribution in [0.5, 0.6) is 5.75 Å². The van der Waals surface area contributed by atoms with Gasteiger partial charge in [0.25, 0.3) is 0 Å². The SMILES string of the molecule is CCC(=O)N1CCC(Oc2ccc(-c3cc4ncccc4cc3C#N)cc2)CC1. The van der Waals surface area contributed by atoms with Gasteiger partial charge in [-0.15, -0.1) is 0 Å². The van der Waals surface area contributed by atoms with Crippen molar-refractivity contribution in [1.82, 2.24) is 9.88 Å². The summed E-state index contributed by atoms with van der Waals surface area (Å²) in [7, 11) is 0. The van der Waals surface area contributed by atoms with Crippen LogP contribution in [-0.4, -0.2) is 35.0 Å². The standard InChI is InChI=1S/C24H23N3O2/c1-2-24(28)27-12-9-21(10-13-27)29-20-7-5-17(6-8-20)22-15-23-18(4-3-11-26-23)14-19(22)16-25/h3-8,11,14-15,21H,2,9-10,12-13H2,1H3. The Bertz CT molecular complexity index is 1060. The molecule has 3 aromatic rings. The highest BCUT2D eigenvalue weighted by Gasteiger charge is 2.23. The molecule has 5 nitrogen and oxygen atoms in total. The lowest BCUT2D eigenvalue weighted by Gasteiger charge is -2.32. The molecule has 0 bridgehead atoms. The minimum Gasteiger partial charge on any atom is -0.490 e. The van der Waals surface area contributed by atoms with E-state index in [0.717, 1.165) is 53.7 Å². The van der Waals surface area contributed by atoms with E-state index in [2.05, 4.69) is 11.1 Å². The Morgan fingerprint density at radius 2 is 1.97 bits per heavy atom. The third-order valence-electron chi connectivity index (χ3n) is 5.43. The van der Waals surface area contributed by atoms with E-state index in [9.17, 15) is 10.1 Å². The highest BCUT2D eigenvalue weighted by atomic mass is 16.5. The van der Waals surface area contributed by atoms with Gasteiger partial charge in [0.1, 0.15) is 11.9 Å². The molecule has 4 rings (SSSR count). The Kier molecular flexibility index (Phi) is 5.44. The van der Waals surface area contributed by atoms with Gasteiger partial charge in [0.2, 0.25) is 5.91 Å². The molecule has 0 radical (unpaired) electrons. The summed E-state index contributed by atoms with van der Waals surface area (Å²) in [5.74, 6) is 1.03. The first-order valence-electron chi connectivity index (χ1n) is 10.0. The zero-order valence-electron chi connectivity index (χ0n) is 16.5. The van der Waals surface area contributed by atoms with Gasteiger partial charge >= 0.3 is 0 Å². The predicted molar refractivity (Wildman–Crippen MR) is 112 cm³/mol. The average molecular weight is 385 g/mol. The molecule has 0 saturated carbocycles. The zero-order valence-corrected chi connectivity index (χ0v) is 16.5. The molecule has 1 aromatic heterocycles. The van der Waals surface area contributed by atoms with E-state index in [4.69, 9.17) is 4.74 Å². The molecule has 1 aliphatic rings. The molecule has 0 aliphatic carbocycles. The Morgan fingerprint density at radius 1 is 1.21 bits per heavy atom. The van der Waals surface area contributed by atoms with Crippen LogP contribution < -0.4 is 4.74 Å². The number of likely N-dealkylation sites (tertiary alicyclic amines) is 1. The number of aromatic nitrogens is 1. The summed E-state index contributed by atoms with van der Waals surface area (Å²) in [6.45, 7) is 3.41. The number of amides is 1. The zero-order chi connectivity index (χ0) is 20.2. The third-order valence-corrected chi connectivity index (χ3v) is 5.43. The highest BCUT2D eigenvalue weighted by Crippen LogP contribution is 2.29. The maximum absolute atomic E-state index is 11.8. The molecule has 1 fully saturated rings. The topological polar surface area (TPSA) is 66.2 Å². The van der Waals surface area contributed by atoms with Crippen LogP contribution >= 0.6 is 0 Å². The third kappa shape index (κ3) is 4.07. The quantitative estimate of drug-likeness (QED) is 0.661. The van der Waals surface area contributed by atoms with Gasteiger partial charge in [-0.1, -0.05) is 25.1 Å². The predicted octanol–water partition coefficient (Wildman–Crippen LogP) is 4.55. The van der Waals surface area contributed by atoms with E-state index < -0.39 is 0 Å². The first kappa shape index (κ1) is 18.9.